The molecule has 4 heteroatoms. The van der Waals surface area contributed by atoms with Crippen molar-refractivity contribution < 1.29 is 9.53 Å². The van der Waals surface area contributed by atoms with Crippen molar-refractivity contribution in [2.24, 2.45) is 5.92 Å². The first-order chi connectivity index (χ1) is 7.36. The molecule has 0 aromatic carbocycles. The van der Waals surface area contributed by atoms with Crippen molar-refractivity contribution in [2.45, 2.75) is 31.7 Å². The monoisotopic (exact) mass is 212 g/mol. The van der Waals surface area contributed by atoms with E-state index in [-0.39, 0.29) is 11.8 Å². The Kier molecular flexibility index (Phi) is 3.97. The van der Waals surface area contributed by atoms with Gasteiger partial charge in [0.2, 0.25) is 5.91 Å². The molecule has 0 saturated carbocycles. The highest BCUT2D eigenvalue weighted by Gasteiger charge is 2.23. The van der Waals surface area contributed by atoms with Gasteiger partial charge in [0, 0.05) is 25.8 Å². The summed E-state index contributed by atoms with van der Waals surface area (Å²) in [7, 11) is 0. The van der Waals surface area contributed by atoms with E-state index in [9.17, 15) is 4.79 Å². The summed E-state index contributed by atoms with van der Waals surface area (Å²) in [5, 5.41) is 6.40. The van der Waals surface area contributed by atoms with Gasteiger partial charge in [-0.15, -0.1) is 0 Å². The minimum atomic E-state index is 0.182. The number of amides is 1. The molecular weight excluding hydrogens is 192 g/mol. The lowest BCUT2D eigenvalue weighted by atomic mass is 9.98. The van der Waals surface area contributed by atoms with Gasteiger partial charge in [0.15, 0.2) is 0 Å². The van der Waals surface area contributed by atoms with Crippen molar-refractivity contribution in [3.05, 3.63) is 0 Å². The Morgan fingerprint density at radius 3 is 2.73 bits per heavy atom. The number of hydrogen-bond acceptors (Lipinski definition) is 3. The normalized spacial score (nSPS) is 28.7. The number of piperidine rings is 1. The van der Waals surface area contributed by atoms with Gasteiger partial charge < -0.3 is 15.4 Å². The average molecular weight is 212 g/mol. The third-order valence-electron chi connectivity index (χ3n) is 3.24. The van der Waals surface area contributed by atoms with Crippen molar-refractivity contribution in [1.29, 1.82) is 0 Å². The number of hydrogen-bond donors (Lipinski definition) is 2. The van der Waals surface area contributed by atoms with Gasteiger partial charge in [-0.05, 0) is 32.2 Å². The molecule has 2 heterocycles. The van der Waals surface area contributed by atoms with Gasteiger partial charge in [0.25, 0.3) is 0 Å². The van der Waals surface area contributed by atoms with Crippen LogP contribution in [0.15, 0.2) is 0 Å². The average Bonchev–Trinajstić information content (AvgIpc) is 2.31. The Bertz CT molecular complexity index is 209. The van der Waals surface area contributed by atoms with Gasteiger partial charge in [0.05, 0.1) is 5.92 Å². The first-order valence-corrected chi connectivity index (χ1v) is 5.95. The van der Waals surface area contributed by atoms with E-state index in [0.717, 1.165) is 52.0 Å². The Morgan fingerprint density at radius 1 is 1.27 bits per heavy atom. The topological polar surface area (TPSA) is 50.4 Å². The minimum Gasteiger partial charge on any atom is -0.381 e. The second-order valence-electron chi connectivity index (χ2n) is 4.44. The molecule has 0 aromatic heterocycles. The molecule has 2 N–H and O–H groups in total. The second kappa shape index (κ2) is 5.47. The van der Waals surface area contributed by atoms with E-state index in [1.54, 1.807) is 0 Å². The summed E-state index contributed by atoms with van der Waals surface area (Å²) >= 11 is 0. The largest absolute Gasteiger partial charge is 0.381 e. The van der Waals surface area contributed by atoms with Crippen molar-refractivity contribution in [1.82, 2.24) is 10.6 Å². The molecule has 86 valence electrons. The number of carbonyl (C=O) groups is 1. The molecule has 0 radical (unpaired) electrons. The molecule has 2 aliphatic rings. The summed E-state index contributed by atoms with van der Waals surface area (Å²) in [6.45, 7) is 3.47. The molecule has 0 spiro atoms. The number of rotatable bonds is 2. The molecule has 2 saturated heterocycles. The zero-order valence-corrected chi connectivity index (χ0v) is 9.13. The van der Waals surface area contributed by atoms with Crippen molar-refractivity contribution in [2.75, 3.05) is 26.3 Å². The third kappa shape index (κ3) is 3.18. The maximum Gasteiger partial charge on any atom is 0.224 e. The molecular formula is C11H20N2O2. The van der Waals surface area contributed by atoms with Crippen LogP contribution in [-0.4, -0.2) is 38.3 Å². The molecule has 0 unspecified atom stereocenters. The van der Waals surface area contributed by atoms with Crippen LogP contribution >= 0.6 is 0 Å². The van der Waals surface area contributed by atoms with Crippen LogP contribution in [-0.2, 0) is 9.53 Å². The van der Waals surface area contributed by atoms with Crippen LogP contribution in [0.1, 0.15) is 25.7 Å². The van der Waals surface area contributed by atoms with Gasteiger partial charge in [-0.25, -0.2) is 0 Å². The Labute approximate surface area is 90.8 Å². The van der Waals surface area contributed by atoms with E-state index in [0.29, 0.717) is 6.04 Å². The molecule has 2 fully saturated rings. The zero-order valence-electron chi connectivity index (χ0n) is 9.13. The lowest BCUT2D eigenvalue weighted by Crippen LogP contribution is -2.46. The maximum absolute atomic E-state index is 11.9. The highest BCUT2D eigenvalue weighted by atomic mass is 16.5. The highest BCUT2D eigenvalue weighted by molar-refractivity contribution is 5.79. The summed E-state index contributed by atoms with van der Waals surface area (Å²) in [5.74, 6) is 0.413. The molecule has 2 rings (SSSR count). The third-order valence-corrected chi connectivity index (χ3v) is 3.24. The fourth-order valence-electron chi connectivity index (χ4n) is 2.24. The Hall–Kier alpha value is -0.610. The van der Waals surface area contributed by atoms with E-state index in [1.165, 1.54) is 0 Å². The summed E-state index contributed by atoms with van der Waals surface area (Å²) in [6.07, 6.45) is 4.08. The molecule has 0 bridgehead atoms. The fourth-order valence-corrected chi connectivity index (χ4v) is 2.24. The summed E-state index contributed by atoms with van der Waals surface area (Å²) in [6, 6.07) is 0.341. The van der Waals surface area contributed by atoms with E-state index in [1.807, 2.05) is 0 Å². The molecule has 1 atom stereocenters. The van der Waals surface area contributed by atoms with Crippen LogP contribution in [0.4, 0.5) is 0 Å². The summed E-state index contributed by atoms with van der Waals surface area (Å²) in [4.78, 5) is 11.9. The van der Waals surface area contributed by atoms with Crippen LogP contribution in [0.5, 0.6) is 0 Å². The number of nitrogens with one attached hydrogen (secondary N) is 2. The van der Waals surface area contributed by atoms with Crippen molar-refractivity contribution in [3.63, 3.8) is 0 Å². The van der Waals surface area contributed by atoms with Gasteiger partial charge in [-0.1, -0.05) is 0 Å². The fraction of sp³-hybridized carbons (Fsp3) is 0.909. The predicted octanol–water partition coefficient (Wildman–Crippen LogP) is 0.281. The Balaban J connectivity index is 1.74. The highest BCUT2D eigenvalue weighted by Crippen LogP contribution is 2.12. The first kappa shape index (κ1) is 10.9. The van der Waals surface area contributed by atoms with Gasteiger partial charge in [0.1, 0.15) is 0 Å². The second-order valence-corrected chi connectivity index (χ2v) is 4.44. The van der Waals surface area contributed by atoms with E-state index >= 15 is 0 Å². The Morgan fingerprint density at radius 2 is 2.07 bits per heavy atom. The van der Waals surface area contributed by atoms with Crippen LogP contribution in [0.25, 0.3) is 0 Å². The summed E-state index contributed by atoms with van der Waals surface area (Å²) in [5.41, 5.74) is 0. The van der Waals surface area contributed by atoms with E-state index in [4.69, 9.17) is 4.74 Å². The first-order valence-electron chi connectivity index (χ1n) is 5.95. The molecule has 15 heavy (non-hydrogen) atoms. The van der Waals surface area contributed by atoms with Crippen molar-refractivity contribution >= 4 is 5.91 Å². The quantitative estimate of drug-likeness (QED) is 0.691. The van der Waals surface area contributed by atoms with Gasteiger partial charge in [-0.2, -0.15) is 0 Å². The van der Waals surface area contributed by atoms with Crippen LogP contribution in [0.2, 0.25) is 0 Å². The van der Waals surface area contributed by atoms with Gasteiger partial charge in [-0.3, -0.25) is 4.79 Å². The van der Waals surface area contributed by atoms with Crippen molar-refractivity contribution in [3.8, 4) is 0 Å². The minimum absolute atomic E-state index is 0.182. The lowest BCUT2D eigenvalue weighted by molar-refractivity contribution is -0.126. The standard InChI is InChI=1S/C11H20N2O2/c14-11(9-2-1-5-12-8-9)13-10-3-6-15-7-4-10/h9-10,12H,1-8H2,(H,13,14)/t9-/m0/s1. The smallest absolute Gasteiger partial charge is 0.224 e. The molecule has 0 aliphatic carbocycles. The molecule has 1 amide bonds. The van der Waals surface area contributed by atoms with Crippen LogP contribution < -0.4 is 10.6 Å². The van der Waals surface area contributed by atoms with Gasteiger partial charge >= 0.3 is 0 Å². The molecule has 4 nitrogen and oxygen atoms in total. The van der Waals surface area contributed by atoms with Crippen LogP contribution in [0.3, 0.4) is 0 Å². The van der Waals surface area contributed by atoms with Crippen LogP contribution in [0, 0.1) is 5.92 Å². The zero-order chi connectivity index (χ0) is 10.5. The lowest BCUT2D eigenvalue weighted by Gasteiger charge is -2.27. The number of carbonyl (C=O) groups excluding carboxylic acids is 1. The van der Waals surface area contributed by atoms with E-state index < -0.39 is 0 Å². The summed E-state index contributed by atoms with van der Waals surface area (Å²) < 4.78 is 5.26. The van der Waals surface area contributed by atoms with E-state index in [2.05, 4.69) is 10.6 Å². The maximum atomic E-state index is 11.9. The predicted molar refractivity (Wildman–Crippen MR) is 57.6 cm³/mol. The SMILES string of the molecule is O=C(NC1CCOCC1)[C@H]1CCCNC1. The molecule has 2 aliphatic heterocycles. The number of ether oxygens (including phenoxy) is 1. The molecule has 0 aromatic rings.